The van der Waals surface area contributed by atoms with Crippen LogP contribution in [0.4, 0.5) is 10.5 Å². The van der Waals surface area contributed by atoms with Crippen molar-refractivity contribution in [1.29, 1.82) is 0 Å². The van der Waals surface area contributed by atoms with E-state index in [0.717, 1.165) is 11.3 Å². The van der Waals surface area contributed by atoms with E-state index in [2.05, 4.69) is 5.32 Å². The molecule has 2 rings (SSSR count). The Bertz CT molecular complexity index is 602. The number of amides is 2. The number of hydrogen-bond acceptors (Lipinski definition) is 1. The van der Waals surface area contributed by atoms with Gasteiger partial charge in [0.1, 0.15) is 0 Å². The summed E-state index contributed by atoms with van der Waals surface area (Å²) in [6, 6.07) is 14.5. The number of nitrogens with zero attached hydrogens (tertiary/aromatic N) is 1. The lowest BCUT2D eigenvalue weighted by atomic mass is 10.2. The Morgan fingerprint density at radius 3 is 2.50 bits per heavy atom. The first-order valence-electron chi connectivity index (χ1n) is 6.08. The summed E-state index contributed by atoms with van der Waals surface area (Å²) >= 11 is 12.1. The van der Waals surface area contributed by atoms with Crippen LogP contribution >= 0.6 is 23.2 Å². The Labute approximate surface area is 128 Å². The summed E-state index contributed by atoms with van der Waals surface area (Å²) in [6.07, 6.45) is 0. The van der Waals surface area contributed by atoms with Gasteiger partial charge in [-0.05, 0) is 23.8 Å². The minimum absolute atomic E-state index is 0.202. The maximum atomic E-state index is 12.1. The van der Waals surface area contributed by atoms with Gasteiger partial charge in [0, 0.05) is 19.3 Å². The number of anilines is 1. The average molecular weight is 309 g/mol. The van der Waals surface area contributed by atoms with Gasteiger partial charge in [0.05, 0.1) is 10.0 Å². The van der Waals surface area contributed by atoms with E-state index in [1.807, 2.05) is 42.5 Å². The second-order valence-electron chi connectivity index (χ2n) is 4.37. The topological polar surface area (TPSA) is 32.3 Å². The second-order valence-corrected chi connectivity index (χ2v) is 5.15. The van der Waals surface area contributed by atoms with E-state index in [4.69, 9.17) is 23.2 Å². The molecule has 2 aromatic carbocycles. The summed E-state index contributed by atoms with van der Waals surface area (Å²) in [4.78, 5) is 13.6. The van der Waals surface area contributed by atoms with Gasteiger partial charge in [-0.3, -0.25) is 0 Å². The first-order valence-corrected chi connectivity index (χ1v) is 6.83. The van der Waals surface area contributed by atoms with Gasteiger partial charge in [0.15, 0.2) is 0 Å². The van der Waals surface area contributed by atoms with Crippen LogP contribution in [0.1, 0.15) is 5.56 Å². The summed E-state index contributed by atoms with van der Waals surface area (Å²) in [7, 11) is 1.70. The summed E-state index contributed by atoms with van der Waals surface area (Å²) < 4.78 is 0. The number of benzene rings is 2. The predicted molar refractivity (Wildman–Crippen MR) is 83.4 cm³/mol. The second kappa shape index (κ2) is 6.64. The highest BCUT2D eigenvalue weighted by atomic mass is 35.5. The molecule has 0 bridgehead atoms. The minimum Gasteiger partial charge on any atom is -0.323 e. The average Bonchev–Trinajstić information content (AvgIpc) is 2.45. The fraction of sp³-hybridized carbons (Fsp3) is 0.133. The lowest BCUT2D eigenvalue weighted by Crippen LogP contribution is -2.30. The fourth-order valence-electron chi connectivity index (χ4n) is 1.74. The maximum Gasteiger partial charge on any atom is 0.321 e. The molecule has 0 aromatic heterocycles. The zero-order chi connectivity index (χ0) is 14.5. The van der Waals surface area contributed by atoms with Gasteiger partial charge in [-0.25, -0.2) is 4.79 Å². The molecular formula is C15H14Cl2N2O. The molecule has 0 atom stereocenters. The van der Waals surface area contributed by atoms with Crippen LogP contribution in [0.2, 0.25) is 10.0 Å². The third-order valence-electron chi connectivity index (χ3n) is 2.81. The number of carbonyl (C=O) groups excluding carboxylic acids is 1. The van der Waals surface area contributed by atoms with Crippen LogP contribution in [0.3, 0.4) is 0 Å². The van der Waals surface area contributed by atoms with Gasteiger partial charge in [-0.15, -0.1) is 0 Å². The summed E-state index contributed by atoms with van der Waals surface area (Å²) in [5.74, 6) is 0. The highest BCUT2D eigenvalue weighted by Crippen LogP contribution is 2.26. The third-order valence-corrected chi connectivity index (χ3v) is 3.67. The molecule has 0 unspecified atom stereocenters. The SMILES string of the molecule is CN(Cc1cccc(Cl)c1Cl)C(=O)Nc1ccccc1. The molecule has 0 aliphatic heterocycles. The number of hydrogen-bond donors (Lipinski definition) is 1. The van der Waals surface area contributed by atoms with Crippen molar-refractivity contribution in [3.05, 3.63) is 64.1 Å². The van der Waals surface area contributed by atoms with E-state index in [0.29, 0.717) is 16.6 Å². The molecule has 0 spiro atoms. The van der Waals surface area contributed by atoms with Crippen LogP contribution in [0, 0.1) is 0 Å². The van der Waals surface area contributed by atoms with Gasteiger partial charge < -0.3 is 10.2 Å². The zero-order valence-electron chi connectivity index (χ0n) is 10.9. The van der Waals surface area contributed by atoms with Crippen molar-refractivity contribution < 1.29 is 4.79 Å². The van der Waals surface area contributed by atoms with Gasteiger partial charge in [-0.2, -0.15) is 0 Å². The van der Waals surface area contributed by atoms with Crippen LogP contribution in [0.15, 0.2) is 48.5 Å². The van der Waals surface area contributed by atoms with E-state index < -0.39 is 0 Å². The number of nitrogens with one attached hydrogen (secondary N) is 1. The highest BCUT2D eigenvalue weighted by Gasteiger charge is 2.12. The van der Waals surface area contributed by atoms with Gasteiger partial charge in [-0.1, -0.05) is 53.5 Å². The number of halogens is 2. The van der Waals surface area contributed by atoms with Gasteiger partial charge >= 0.3 is 6.03 Å². The summed E-state index contributed by atoms with van der Waals surface area (Å²) in [5, 5.41) is 3.77. The van der Waals surface area contributed by atoms with Crippen molar-refractivity contribution in [2.45, 2.75) is 6.54 Å². The molecule has 0 aliphatic carbocycles. The van der Waals surface area contributed by atoms with E-state index >= 15 is 0 Å². The largest absolute Gasteiger partial charge is 0.323 e. The fourth-order valence-corrected chi connectivity index (χ4v) is 2.12. The van der Waals surface area contributed by atoms with Crippen molar-refractivity contribution in [2.24, 2.45) is 0 Å². The number of carbonyl (C=O) groups is 1. The molecule has 20 heavy (non-hydrogen) atoms. The predicted octanol–water partition coefficient (Wildman–Crippen LogP) is 4.66. The Hall–Kier alpha value is -1.71. The monoisotopic (exact) mass is 308 g/mol. The molecular weight excluding hydrogens is 295 g/mol. The van der Waals surface area contributed by atoms with Crippen molar-refractivity contribution in [2.75, 3.05) is 12.4 Å². The molecule has 2 aromatic rings. The molecule has 0 saturated heterocycles. The number of rotatable bonds is 3. The van der Waals surface area contributed by atoms with Crippen LogP contribution < -0.4 is 5.32 Å². The first-order chi connectivity index (χ1) is 9.58. The van der Waals surface area contributed by atoms with Crippen molar-refractivity contribution in [3.8, 4) is 0 Å². The van der Waals surface area contributed by atoms with Gasteiger partial charge in [0.2, 0.25) is 0 Å². The third kappa shape index (κ3) is 3.65. The molecule has 2 amide bonds. The minimum atomic E-state index is -0.202. The van der Waals surface area contributed by atoms with Crippen LogP contribution in [-0.2, 0) is 6.54 Å². The quantitative estimate of drug-likeness (QED) is 0.879. The van der Waals surface area contributed by atoms with E-state index in [1.54, 1.807) is 18.0 Å². The van der Waals surface area contributed by atoms with Crippen LogP contribution in [0.25, 0.3) is 0 Å². The van der Waals surface area contributed by atoms with E-state index in [1.165, 1.54) is 0 Å². The molecule has 0 radical (unpaired) electrons. The van der Waals surface area contributed by atoms with Crippen molar-refractivity contribution in [1.82, 2.24) is 4.90 Å². The zero-order valence-corrected chi connectivity index (χ0v) is 12.4. The Morgan fingerprint density at radius 2 is 1.80 bits per heavy atom. The molecule has 5 heteroatoms. The highest BCUT2D eigenvalue weighted by molar-refractivity contribution is 6.42. The standard InChI is InChI=1S/C15H14Cl2N2O/c1-19(10-11-6-5-9-13(16)14(11)17)15(20)18-12-7-3-2-4-8-12/h2-9H,10H2,1H3,(H,18,20). The lowest BCUT2D eigenvalue weighted by molar-refractivity contribution is 0.220. The molecule has 1 N–H and O–H groups in total. The van der Waals surface area contributed by atoms with Gasteiger partial charge in [0.25, 0.3) is 0 Å². The van der Waals surface area contributed by atoms with Crippen LogP contribution in [-0.4, -0.2) is 18.0 Å². The molecule has 0 saturated carbocycles. The number of para-hydroxylation sites is 1. The lowest BCUT2D eigenvalue weighted by Gasteiger charge is -2.19. The molecule has 0 heterocycles. The van der Waals surface area contributed by atoms with Crippen molar-refractivity contribution >= 4 is 34.9 Å². The smallest absolute Gasteiger partial charge is 0.321 e. The Morgan fingerprint density at radius 1 is 1.10 bits per heavy atom. The first kappa shape index (κ1) is 14.7. The summed E-state index contributed by atoms with van der Waals surface area (Å²) in [6.45, 7) is 0.387. The molecule has 0 aliphatic rings. The summed E-state index contributed by atoms with van der Waals surface area (Å²) in [5.41, 5.74) is 1.56. The Kier molecular flexibility index (Phi) is 4.88. The molecule has 3 nitrogen and oxygen atoms in total. The molecule has 0 fully saturated rings. The van der Waals surface area contributed by atoms with Crippen molar-refractivity contribution in [3.63, 3.8) is 0 Å². The van der Waals surface area contributed by atoms with E-state index in [9.17, 15) is 4.79 Å². The van der Waals surface area contributed by atoms with E-state index in [-0.39, 0.29) is 6.03 Å². The maximum absolute atomic E-state index is 12.1. The number of urea groups is 1. The van der Waals surface area contributed by atoms with Crippen LogP contribution in [0.5, 0.6) is 0 Å². The molecule has 104 valence electrons. The normalized spacial score (nSPS) is 10.2. The Balaban J connectivity index is 2.03.